The molecule has 0 aromatic heterocycles. The molecule has 2 N–H and O–H groups in total. The molecule has 7 heteroatoms. The van der Waals surface area contributed by atoms with E-state index in [-0.39, 0.29) is 18.1 Å². The van der Waals surface area contributed by atoms with Crippen LogP contribution >= 0.6 is 0 Å². The number of esters is 1. The van der Waals surface area contributed by atoms with Crippen molar-refractivity contribution in [3.63, 3.8) is 0 Å². The molecular formula is C28H29F2NO4. The number of aliphatic hydroxyl groups is 1. The quantitative estimate of drug-likeness (QED) is 0.292. The van der Waals surface area contributed by atoms with Crippen LogP contribution in [0.2, 0.25) is 0 Å². The zero-order valence-electron chi connectivity index (χ0n) is 19.5. The lowest BCUT2D eigenvalue weighted by atomic mass is 9.83. The molecular weight excluding hydrogens is 452 g/mol. The Labute approximate surface area is 203 Å². The van der Waals surface area contributed by atoms with Gasteiger partial charge in [-0.15, -0.1) is 0 Å². The molecule has 0 saturated carbocycles. The molecule has 3 aromatic carbocycles. The van der Waals surface area contributed by atoms with Gasteiger partial charge in [-0.25, -0.2) is 8.78 Å². The molecule has 0 unspecified atom stereocenters. The summed E-state index contributed by atoms with van der Waals surface area (Å²) in [6.45, 7) is 2.71. The van der Waals surface area contributed by atoms with E-state index in [1.165, 1.54) is 24.3 Å². The van der Waals surface area contributed by atoms with Crippen molar-refractivity contribution >= 4 is 11.7 Å². The third-order valence-corrected chi connectivity index (χ3v) is 6.17. The smallest absolute Gasteiger partial charge is 0.314 e. The number of anilines is 1. The number of hydrogen-bond acceptors (Lipinski definition) is 5. The molecule has 4 atom stereocenters. The van der Waals surface area contributed by atoms with Crippen molar-refractivity contribution in [2.24, 2.45) is 5.92 Å². The molecule has 0 amide bonds. The monoisotopic (exact) mass is 481 g/mol. The van der Waals surface area contributed by atoms with Crippen LogP contribution in [0.25, 0.3) is 0 Å². The summed E-state index contributed by atoms with van der Waals surface area (Å²) in [6, 6.07) is 18.2. The van der Waals surface area contributed by atoms with Crippen molar-refractivity contribution < 1.29 is 28.2 Å². The van der Waals surface area contributed by atoms with Crippen LogP contribution in [0, 0.1) is 17.6 Å². The first-order chi connectivity index (χ1) is 16.9. The number of ether oxygens (including phenoxy) is 2. The van der Waals surface area contributed by atoms with Gasteiger partial charge in [0.15, 0.2) is 0 Å². The molecule has 0 bridgehead atoms. The highest BCUT2D eigenvalue weighted by molar-refractivity contribution is 5.76. The Balaban J connectivity index is 1.58. The second-order valence-corrected chi connectivity index (χ2v) is 8.71. The normalized spacial score (nSPS) is 20.7. The van der Waals surface area contributed by atoms with Gasteiger partial charge in [-0.05, 0) is 66.1 Å². The van der Waals surface area contributed by atoms with Gasteiger partial charge in [0.25, 0.3) is 0 Å². The summed E-state index contributed by atoms with van der Waals surface area (Å²) in [5.41, 5.74) is 1.97. The number of carbonyl (C=O) groups is 1. The molecule has 3 aromatic rings. The zero-order chi connectivity index (χ0) is 24.8. The van der Waals surface area contributed by atoms with Crippen molar-refractivity contribution in [2.45, 2.75) is 44.4 Å². The lowest BCUT2D eigenvalue weighted by Crippen LogP contribution is -2.43. The summed E-state index contributed by atoms with van der Waals surface area (Å²) in [5.74, 6) is -1.53. The lowest BCUT2D eigenvalue weighted by Gasteiger charge is -2.37. The molecule has 1 aliphatic heterocycles. The Morgan fingerprint density at radius 1 is 1.00 bits per heavy atom. The van der Waals surface area contributed by atoms with E-state index in [1.807, 2.05) is 24.3 Å². The van der Waals surface area contributed by atoms with Gasteiger partial charge in [-0.1, -0.05) is 37.6 Å². The van der Waals surface area contributed by atoms with Gasteiger partial charge >= 0.3 is 5.97 Å². The predicted octanol–water partition coefficient (Wildman–Crippen LogP) is 5.96. The van der Waals surface area contributed by atoms with E-state index < -0.39 is 30.1 Å². The lowest BCUT2D eigenvalue weighted by molar-refractivity contribution is -0.171. The van der Waals surface area contributed by atoms with Crippen LogP contribution in [0.5, 0.6) is 5.75 Å². The number of aliphatic hydroxyl groups excluding tert-OH is 1. The number of benzene rings is 3. The highest BCUT2D eigenvalue weighted by atomic mass is 19.1. The van der Waals surface area contributed by atoms with E-state index in [4.69, 9.17) is 9.47 Å². The predicted molar refractivity (Wildman–Crippen MR) is 129 cm³/mol. The van der Waals surface area contributed by atoms with E-state index in [2.05, 4.69) is 12.2 Å². The summed E-state index contributed by atoms with van der Waals surface area (Å²) in [5, 5.41) is 14.3. The van der Waals surface area contributed by atoms with Gasteiger partial charge in [0.05, 0.1) is 18.8 Å². The highest BCUT2D eigenvalue weighted by Gasteiger charge is 2.43. The minimum Gasteiger partial charge on any atom is -0.494 e. The highest BCUT2D eigenvalue weighted by Crippen LogP contribution is 2.39. The number of rotatable bonds is 9. The summed E-state index contributed by atoms with van der Waals surface area (Å²) in [7, 11) is 0. The van der Waals surface area contributed by atoms with Gasteiger partial charge in [0.1, 0.15) is 29.4 Å². The number of nitrogens with one attached hydrogen (secondary N) is 1. The Hall–Kier alpha value is -3.45. The van der Waals surface area contributed by atoms with Crippen molar-refractivity contribution in [3.05, 3.63) is 95.6 Å². The van der Waals surface area contributed by atoms with Crippen molar-refractivity contribution in [3.8, 4) is 5.75 Å². The standard InChI is InChI=1S/C28H29F2NO4/c1-2-3-16-34-23-14-6-19(7-15-23)27(31-22-12-10-21(30)11-13-22)26-24(32)17-25(35-28(26)33)18-4-8-20(29)9-5-18/h4-15,24-27,31-32H,2-3,16-17H2,1H3/t24-,25+,26+,27+/m0/s1. The minimum absolute atomic E-state index is 0.169. The third kappa shape index (κ3) is 6.17. The maximum atomic E-state index is 13.4. The van der Waals surface area contributed by atoms with E-state index in [0.29, 0.717) is 23.6 Å². The Morgan fingerprint density at radius 3 is 2.23 bits per heavy atom. The van der Waals surface area contributed by atoms with Crippen LogP contribution in [0.15, 0.2) is 72.8 Å². The molecule has 1 saturated heterocycles. The molecule has 5 nitrogen and oxygen atoms in total. The van der Waals surface area contributed by atoms with Crippen molar-refractivity contribution in [2.75, 3.05) is 11.9 Å². The van der Waals surface area contributed by atoms with Crippen LogP contribution in [0.4, 0.5) is 14.5 Å². The Bertz CT molecular complexity index is 1100. The Morgan fingerprint density at radius 2 is 1.63 bits per heavy atom. The topological polar surface area (TPSA) is 67.8 Å². The van der Waals surface area contributed by atoms with Gasteiger partial charge in [0, 0.05) is 12.1 Å². The van der Waals surface area contributed by atoms with Crippen LogP contribution in [0.1, 0.15) is 49.5 Å². The maximum Gasteiger partial charge on any atom is 0.314 e. The fraction of sp³-hybridized carbons (Fsp3) is 0.321. The molecule has 1 aliphatic rings. The molecule has 0 aliphatic carbocycles. The molecule has 1 heterocycles. The largest absolute Gasteiger partial charge is 0.494 e. The van der Waals surface area contributed by atoms with Gasteiger partial charge in [0.2, 0.25) is 0 Å². The molecule has 1 fully saturated rings. The number of carbonyl (C=O) groups excluding carboxylic acids is 1. The number of hydrogen-bond donors (Lipinski definition) is 2. The molecule has 4 rings (SSSR count). The second kappa shape index (κ2) is 11.3. The first kappa shape index (κ1) is 24.7. The molecule has 0 spiro atoms. The number of halogens is 2. The van der Waals surface area contributed by atoms with Crippen molar-refractivity contribution in [1.82, 2.24) is 0 Å². The van der Waals surface area contributed by atoms with Crippen molar-refractivity contribution in [1.29, 1.82) is 0 Å². The Kier molecular flexibility index (Phi) is 7.98. The fourth-order valence-electron chi connectivity index (χ4n) is 4.24. The summed E-state index contributed by atoms with van der Waals surface area (Å²) in [6.07, 6.45) is 0.454. The van der Waals surface area contributed by atoms with Gasteiger partial charge in [-0.3, -0.25) is 4.79 Å². The van der Waals surface area contributed by atoms with E-state index in [1.54, 1.807) is 24.3 Å². The zero-order valence-corrected chi connectivity index (χ0v) is 19.5. The van der Waals surface area contributed by atoms with Gasteiger partial charge in [-0.2, -0.15) is 0 Å². The number of unbranched alkanes of at least 4 members (excludes halogenated alkanes) is 1. The van der Waals surface area contributed by atoms with E-state index in [9.17, 15) is 18.7 Å². The van der Waals surface area contributed by atoms with E-state index >= 15 is 0 Å². The summed E-state index contributed by atoms with van der Waals surface area (Å²) >= 11 is 0. The second-order valence-electron chi connectivity index (χ2n) is 8.71. The average Bonchev–Trinajstić information content (AvgIpc) is 2.85. The van der Waals surface area contributed by atoms with Crippen LogP contribution < -0.4 is 10.1 Å². The van der Waals surface area contributed by atoms with Crippen LogP contribution in [-0.2, 0) is 9.53 Å². The average molecular weight is 482 g/mol. The first-order valence-electron chi connectivity index (χ1n) is 11.8. The maximum absolute atomic E-state index is 13.4. The summed E-state index contributed by atoms with van der Waals surface area (Å²) < 4.78 is 38.2. The van der Waals surface area contributed by atoms with Crippen LogP contribution in [-0.4, -0.2) is 23.8 Å². The summed E-state index contributed by atoms with van der Waals surface area (Å²) in [4.78, 5) is 13.2. The molecule has 184 valence electrons. The minimum atomic E-state index is -1.02. The molecule has 0 radical (unpaired) electrons. The van der Waals surface area contributed by atoms with Gasteiger partial charge < -0.3 is 19.9 Å². The van der Waals surface area contributed by atoms with Crippen LogP contribution in [0.3, 0.4) is 0 Å². The number of cyclic esters (lactones) is 1. The first-order valence-corrected chi connectivity index (χ1v) is 11.8. The fourth-order valence-corrected chi connectivity index (χ4v) is 4.24. The third-order valence-electron chi connectivity index (χ3n) is 6.17. The van der Waals surface area contributed by atoms with E-state index in [0.717, 1.165) is 18.4 Å². The molecule has 35 heavy (non-hydrogen) atoms. The SMILES string of the molecule is CCCCOc1ccc([C@@H](Nc2ccc(F)cc2)[C@@H]2C(=O)O[C@@H](c3ccc(F)cc3)C[C@@H]2O)cc1.